The first kappa shape index (κ1) is 15.7. The van der Waals surface area contributed by atoms with Gasteiger partial charge in [0.05, 0.1) is 17.6 Å². The molecule has 0 aromatic heterocycles. The van der Waals surface area contributed by atoms with Crippen molar-refractivity contribution in [2.75, 3.05) is 6.61 Å². The minimum Gasteiger partial charge on any atom is -0.492 e. The number of halogens is 1. The molecular formula is C13H16BrN3O4. The van der Waals surface area contributed by atoms with Crippen molar-refractivity contribution in [3.8, 4) is 5.75 Å². The molecule has 1 aliphatic rings. The zero-order valence-electron chi connectivity index (χ0n) is 11.3. The van der Waals surface area contributed by atoms with Crippen LogP contribution in [0.5, 0.6) is 5.75 Å². The van der Waals surface area contributed by atoms with Crippen LogP contribution < -0.4 is 15.8 Å². The number of nitrogens with zero attached hydrogens (tertiary/aromatic N) is 1. The molecule has 7 nitrogen and oxygen atoms in total. The summed E-state index contributed by atoms with van der Waals surface area (Å²) >= 11 is 3.15. The van der Waals surface area contributed by atoms with Gasteiger partial charge in [-0.05, 0) is 34.8 Å². The highest BCUT2D eigenvalue weighted by atomic mass is 79.9. The van der Waals surface area contributed by atoms with Gasteiger partial charge in [-0.25, -0.2) is 0 Å². The fourth-order valence-electron chi connectivity index (χ4n) is 1.88. The maximum atomic E-state index is 11.3. The minimum atomic E-state index is -0.488. The molecule has 1 fully saturated rings. The zero-order chi connectivity index (χ0) is 15.4. The van der Waals surface area contributed by atoms with Crippen LogP contribution in [0, 0.1) is 10.1 Å². The van der Waals surface area contributed by atoms with Crippen LogP contribution in [0.2, 0.25) is 0 Å². The molecule has 114 valence electrons. The molecule has 1 saturated carbocycles. The van der Waals surface area contributed by atoms with Gasteiger partial charge in [-0.15, -0.1) is 0 Å². The Kier molecular flexibility index (Phi) is 5.13. The molecule has 0 aliphatic heterocycles. The Labute approximate surface area is 130 Å². The van der Waals surface area contributed by atoms with Crippen molar-refractivity contribution < 1.29 is 14.5 Å². The van der Waals surface area contributed by atoms with Crippen molar-refractivity contribution in [2.45, 2.75) is 31.3 Å². The molecule has 8 heteroatoms. The molecule has 1 amide bonds. The first-order valence-corrected chi connectivity index (χ1v) is 7.39. The van der Waals surface area contributed by atoms with E-state index in [2.05, 4.69) is 21.2 Å². The van der Waals surface area contributed by atoms with E-state index in [1.807, 2.05) is 0 Å². The van der Waals surface area contributed by atoms with Gasteiger partial charge in [0.25, 0.3) is 5.69 Å². The molecule has 0 spiro atoms. The van der Waals surface area contributed by atoms with Gasteiger partial charge in [0.1, 0.15) is 10.2 Å². The number of benzene rings is 1. The maximum Gasteiger partial charge on any atom is 0.287 e. The van der Waals surface area contributed by atoms with Crippen LogP contribution in [-0.2, 0) is 4.79 Å². The Bertz CT molecular complexity index is 548. The van der Waals surface area contributed by atoms with Crippen LogP contribution >= 0.6 is 15.9 Å². The quantitative estimate of drug-likeness (QED) is 0.544. The van der Waals surface area contributed by atoms with Gasteiger partial charge in [-0.1, -0.05) is 6.07 Å². The van der Waals surface area contributed by atoms with E-state index in [9.17, 15) is 14.9 Å². The van der Waals surface area contributed by atoms with E-state index in [0.29, 0.717) is 22.7 Å². The summed E-state index contributed by atoms with van der Waals surface area (Å²) in [7, 11) is 0. The van der Waals surface area contributed by atoms with Crippen LogP contribution in [0.25, 0.3) is 0 Å². The van der Waals surface area contributed by atoms with Crippen LogP contribution in [0.4, 0.5) is 5.69 Å². The number of ether oxygens (including phenoxy) is 1. The number of nitrogens with one attached hydrogen (secondary N) is 1. The Hall–Kier alpha value is -1.67. The lowest BCUT2D eigenvalue weighted by atomic mass is 10.2. The fourth-order valence-corrected chi connectivity index (χ4v) is 2.40. The molecule has 0 saturated heterocycles. The standard InChI is InChI=1S/C13H16BrN3O4/c14-12-10(17(19)20)2-1-3-11(12)21-7-6-9(13(15)18)16-8-4-5-8/h1-3,8-9,16H,4-7H2,(H2,15,18). The zero-order valence-corrected chi connectivity index (χ0v) is 12.8. The van der Waals surface area contributed by atoms with E-state index in [-0.39, 0.29) is 12.3 Å². The second-order valence-electron chi connectivity index (χ2n) is 4.88. The molecule has 1 atom stereocenters. The molecule has 1 aromatic rings. The average Bonchev–Trinajstić information content (AvgIpc) is 3.23. The Balaban J connectivity index is 1.91. The summed E-state index contributed by atoms with van der Waals surface area (Å²) in [6.45, 7) is 0.243. The molecule has 21 heavy (non-hydrogen) atoms. The van der Waals surface area contributed by atoms with Gasteiger partial charge in [-0.3, -0.25) is 14.9 Å². The third-order valence-corrected chi connectivity index (χ3v) is 3.96. The smallest absolute Gasteiger partial charge is 0.287 e. The molecule has 2 rings (SSSR count). The Morgan fingerprint density at radius 1 is 1.57 bits per heavy atom. The van der Waals surface area contributed by atoms with Crippen LogP contribution in [0.15, 0.2) is 22.7 Å². The second kappa shape index (κ2) is 6.86. The number of hydrogen-bond donors (Lipinski definition) is 2. The average molecular weight is 358 g/mol. The van der Waals surface area contributed by atoms with E-state index >= 15 is 0 Å². The van der Waals surface area contributed by atoms with Crippen molar-refractivity contribution in [2.24, 2.45) is 5.73 Å². The lowest BCUT2D eigenvalue weighted by molar-refractivity contribution is -0.385. The number of rotatable bonds is 8. The largest absolute Gasteiger partial charge is 0.492 e. The van der Waals surface area contributed by atoms with Crippen LogP contribution in [0.3, 0.4) is 0 Å². The molecule has 1 aliphatic carbocycles. The number of amides is 1. The molecular weight excluding hydrogens is 342 g/mol. The first-order chi connectivity index (χ1) is 9.99. The summed E-state index contributed by atoms with van der Waals surface area (Å²) in [5.41, 5.74) is 5.27. The van der Waals surface area contributed by atoms with Gasteiger partial charge in [0.15, 0.2) is 0 Å². The van der Waals surface area contributed by atoms with Crippen molar-refractivity contribution in [1.82, 2.24) is 5.32 Å². The van der Waals surface area contributed by atoms with Gasteiger partial charge in [0, 0.05) is 18.5 Å². The van der Waals surface area contributed by atoms with E-state index in [1.165, 1.54) is 6.07 Å². The number of carbonyl (C=O) groups is 1. The van der Waals surface area contributed by atoms with Crippen molar-refractivity contribution in [3.05, 3.63) is 32.8 Å². The minimum absolute atomic E-state index is 0.0601. The van der Waals surface area contributed by atoms with Crippen LogP contribution in [-0.4, -0.2) is 29.5 Å². The number of primary amides is 1. The SMILES string of the molecule is NC(=O)C(CCOc1cccc([N+](=O)[O-])c1Br)NC1CC1. The Morgan fingerprint density at radius 2 is 2.29 bits per heavy atom. The number of nitrogens with two attached hydrogens (primary N) is 1. The van der Waals surface area contributed by atoms with E-state index in [0.717, 1.165) is 12.8 Å². The van der Waals surface area contributed by atoms with Crippen molar-refractivity contribution in [1.29, 1.82) is 0 Å². The molecule has 0 radical (unpaired) electrons. The Morgan fingerprint density at radius 3 is 2.86 bits per heavy atom. The molecule has 3 N–H and O–H groups in total. The predicted octanol–water partition coefficient (Wildman–Crippen LogP) is 1.73. The monoisotopic (exact) mass is 357 g/mol. The summed E-state index contributed by atoms with van der Waals surface area (Å²) in [5.74, 6) is -0.0394. The second-order valence-corrected chi connectivity index (χ2v) is 5.67. The van der Waals surface area contributed by atoms with Crippen molar-refractivity contribution >= 4 is 27.5 Å². The normalized spacial score (nSPS) is 15.5. The lowest BCUT2D eigenvalue weighted by Crippen LogP contribution is -2.43. The highest BCUT2D eigenvalue weighted by molar-refractivity contribution is 9.10. The summed E-state index contributed by atoms with van der Waals surface area (Å²) in [6.07, 6.45) is 2.53. The number of carbonyl (C=O) groups excluding carboxylic acids is 1. The van der Waals surface area contributed by atoms with Crippen molar-refractivity contribution in [3.63, 3.8) is 0 Å². The number of nitro benzene ring substituents is 1. The summed E-state index contributed by atoms with van der Waals surface area (Å²) in [4.78, 5) is 21.7. The lowest BCUT2D eigenvalue weighted by Gasteiger charge is -2.15. The van der Waals surface area contributed by atoms with E-state index < -0.39 is 16.9 Å². The molecule has 0 bridgehead atoms. The molecule has 0 heterocycles. The van der Waals surface area contributed by atoms with E-state index in [1.54, 1.807) is 12.1 Å². The van der Waals surface area contributed by atoms with Gasteiger partial charge in [0.2, 0.25) is 5.91 Å². The fraction of sp³-hybridized carbons (Fsp3) is 0.462. The van der Waals surface area contributed by atoms with Gasteiger partial charge < -0.3 is 15.8 Å². The third kappa shape index (κ3) is 4.40. The molecule has 1 unspecified atom stereocenters. The van der Waals surface area contributed by atoms with E-state index in [4.69, 9.17) is 10.5 Å². The molecule has 1 aromatic carbocycles. The number of nitro groups is 1. The summed E-state index contributed by atoms with van der Waals surface area (Å²) in [5, 5.41) is 14.0. The van der Waals surface area contributed by atoms with Crippen LogP contribution in [0.1, 0.15) is 19.3 Å². The highest BCUT2D eigenvalue weighted by Crippen LogP contribution is 2.33. The summed E-state index contributed by atoms with van der Waals surface area (Å²) < 4.78 is 5.80. The van der Waals surface area contributed by atoms with Gasteiger partial charge in [-0.2, -0.15) is 0 Å². The predicted molar refractivity (Wildman–Crippen MR) is 80.0 cm³/mol. The first-order valence-electron chi connectivity index (χ1n) is 6.60. The summed E-state index contributed by atoms with van der Waals surface area (Å²) in [6, 6.07) is 4.50. The maximum absolute atomic E-state index is 11.3. The topological polar surface area (TPSA) is 107 Å². The highest BCUT2D eigenvalue weighted by Gasteiger charge is 2.27. The number of hydrogen-bond acceptors (Lipinski definition) is 5. The third-order valence-electron chi connectivity index (χ3n) is 3.16. The van der Waals surface area contributed by atoms with Gasteiger partial charge >= 0.3 is 0 Å².